The van der Waals surface area contributed by atoms with Crippen LogP contribution in [0, 0.1) is 0 Å². The second-order valence-electron chi connectivity index (χ2n) is 6.04. The van der Waals surface area contributed by atoms with E-state index < -0.39 is 0 Å². The first-order valence-corrected chi connectivity index (χ1v) is 8.10. The summed E-state index contributed by atoms with van der Waals surface area (Å²) in [6, 6.07) is 23.5. The van der Waals surface area contributed by atoms with Gasteiger partial charge in [-0.25, -0.2) is 0 Å². The Morgan fingerprint density at radius 1 is 0.696 bits per heavy atom. The van der Waals surface area contributed by atoms with Crippen LogP contribution in [0.15, 0.2) is 66.7 Å². The lowest BCUT2D eigenvalue weighted by molar-refractivity contribution is 1.02. The molecule has 0 atom stereocenters. The lowest BCUT2D eigenvalue weighted by atomic mass is 9.97. The van der Waals surface area contributed by atoms with E-state index in [9.17, 15) is 0 Å². The Kier molecular flexibility index (Phi) is 2.54. The van der Waals surface area contributed by atoms with Gasteiger partial charge in [0.1, 0.15) is 0 Å². The summed E-state index contributed by atoms with van der Waals surface area (Å²) < 4.78 is 2.27. The smallest absolute Gasteiger partial charge is 0.0574 e. The number of aromatic nitrogens is 1. The fourth-order valence-corrected chi connectivity index (χ4v) is 4.02. The van der Waals surface area contributed by atoms with Gasteiger partial charge in [0.15, 0.2) is 0 Å². The number of rotatable bonds is 0. The Balaban J connectivity index is 2.25. The maximum atomic E-state index is 6.24. The van der Waals surface area contributed by atoms with Crippen molar-refractivity contribution in [1.29, 1.82) is 0 Å². The summed E-state index contributed by atoms with van der Waals surface area (Å²) in [5.74, 6) is 0. The normalized spacial score (nSPS) is 11.9. The van der Waals surface area contributed by atoms with E-state index in [0.29, 0.717) is 0 Å². The van der Waals surface area contributed by atoms with Crippen molar-refractivity contribution in [3.8, 4) is 0 Å². The molecule has 0 aliphatic rings. The second kappa shape index (κ2) is 4.50. The average Bonchev–Trinajstić information content (AvgIpc) is 2.88. The summed E-state index contributed by atoms with van der Waals surface area (Å²) in [6.45, 7) is 0. The van der Waals surface area contributed by atoms with Crippen molar-refractivity contribution in [3.05, 3.63) is 71.8 Å². The molecule has 0 fully saturated rings. The van der Waals surface area contributed by atoms with Gasteiger partial charge in [0.2, 0.25) is 0 Å². The number of hydrogen-bond donors (Lipinski definition) is 0. The van der Waals surface area contributed by atoms with Gasteiger partial charge in [-0.05, 0) is 28.3 Å². The second-order valence-corrected chi connectivity index (χ2v) is 6.47. The Morgan fingerprint density at radius 3 is 2.04 bits per heavy atom. The summed E-state index contributed by atoms with van der Waals surface area (Å²) in [4.78, 5) is 0. The fraction of sp³-hybridized carbons (Fsp3) is 0.0476. The molecule has 110 valence electrons. The van der Waals surface area contributed by atoms with Gasteiger partial charge in [0.05, 0.1) is 11.0 Å². The minimum atomic E-state index is 0.775. The van der Waals surface area contributed by atoms with Gasteiger partial charge in [-0.3, -0.25) is 0 Å². The number of benzene rings is 4. The van der Waals surface area contributed by atoms with Gasteiger partial charge in [-0.2, -0.15) is 0 Å². The van der Waals surface area contributed by atoms with Gasteiger partial charge < -0.3 is 4.57 Å². The standard InChI is InChI=1S/C21H14ClN/c1-23-19-12-13(22)10-11-18(19)20-16-8-4-2-6-14(16)15-7-3-5-9-17(15)21(20)23/h2-12H,1H3. The predicted octanol–water partition coefficient (Wildman–Crippen LogP) is 6.29. The van der Waals surface area contributed by atoms with E-state index in [1.807, 2.05) is 6.07 Å². The van der Waals surface area contributed by atoms with Crippen molar-refractivity contribution in [2.24, 2.45) is 7.05 Å². The van der Waals surface area contributed by atoms with Crippen LogP contribution >= 0.6 is 11.6 Å². The van der Waals surface area contributed by atoms with E-state index in [2.05, 4.69) is 72.3 Å². The van der Waals surface area contributed by atoms with E-state index in [4.69, 9.17) is 11.6 Å². The van der Waals surface area contributed by atoms with Crippen LogP contribution in [0.25, 0.3) is 43.4 Å². The van der Waals surface area contributed by atoms with E-state index in [-0.39, 0.29) is 0 Å². The first-order chi connectivity index (χ1) is 11.3. The number of hydrogen-bond acceptors (Lipinski definition) is 0. The molecule has 23 heavy (non-hydrogen) atoms. The summed E-state index contributed by atoms with van der Waals surface area (Å²) in [7, 11) is 2.13. The van der Waals surface area contributed by atoms with Crippen molar-refractivity contribution >= 4 is 55.0 Å². The average molecular weight is 316 g/mol. The zero-order valence-corrected chi connectivity index (χ0v) is 13.4. The fourth-order valence-electron chi connectivity index (χ4n) is 3.86. The van der Waals surface area contributed by atoms with Crippen LogP contribution in [-0.2, 0) is 7.05 Å². The Bertz CT molecular complexity index is 1230. The highest BCUT2D eigenvalue weighted by molar-refractivity contribution is 6.34. The zero-order chi connectivity index (χ0) is 15.6. The van der Waals surface area contributed by atoms with E-state index in [1.165, 1.54) is 43.4 Å². The summed E-state index contributed by atoms with van der Waals surface area (Å²) in [5, 5.41) is 8.54. The molecular weight excluding hydrogens is 302 g/mol. The molecule has 0 aliphatic carbocycles. The van der Waals surface area contributed by atoms with Gasteiger partial charge in [-0.15, -0.1) is 0 Å². The van der Waals surface area contributed by atoms with Crippen LogP contribution in [0.5, 0.6) is 0 Å². The monoisotopic (exact) mass is 315 g/mol. The van der Waals surface area contributed by atoms with Gasteiger partial charge in [0.25, 0.3) is 0 Å². The van der Waals surface area contributed by atoms with Crippen molar-refractivity contribution in [1.82, 2.24) is 4.57 Å². The van der Waals surface area contributed by atoms with Crippen LogP contribution in [-0.4, -0.2) is 4.57 Å². The van der Waals surface area contributed by atoms with Crippen molar-refractivity contribution in [2.45, 2.75) is 0 Å². The maximum absolute atomic E-state index is 6.24. The minimum absolute atomic E-state index is 0.775. The molecule has 0 bridgehead atoms. The summed E-state index contributed by atoms with van der Waals surface area (Å²) >= 11 is 6.24. The molecule has 0 spiro atoms. The largest absolute Gasteiger partial charge is 0.343 e. The van der Waals surface area contributed by atoms with Gasteiger partial charge in [-0.1, -0.05) is 66.2 Å². The first-order valence-electron chi connectivity index (χ1n) is 7.73. The van der Waals surface area contributed by atoms with Crippen LogP contribution in [0.1, 0.15) is 0 Å². The summed E-state index contributed by atoms with van der Waals surface area (Å²) in [5.41, 5.74) is 2.45. The van der Waals surface area contributed by atoms with E-state index >= 15 is 0 Å². The zero-order valence-electron chi connectivity index (χ0n) is 12.7. The SMILES string of the molecule is Cn1c2cc(Cl)ccc2c2c3ccccc3c3ccccc3c21. The highest BCUT2D eigenvalue weighted by Gasteiger charge is 2.15. The molecule has 4 aromatic carbocycles. The molecule has 0 radical (unpaired) electrons. The van der Waals surface area contributed by atoms with Crippen LogP contribution < -0.4 is 0 Å². The number of halogens is 1. The van der Waals surface area contributed by atoms with Crippen LogP contribution in [0.2, 0.25) is 5.02 Å². The van der Waals surface area contributed by atoms with Gasteiger partial charge in [0, 0.05) is 28.2 Å². The highest BCUT2D eigenvalue weighted by Crippen LogP contribution is 2.40. The predicted molar refractivity (Wildman–Crippen MR) is 100 cm³/mol. The Hall–Kier alpha value is -2.51. The number of aryl methyl sites for hydroxylation is 1. The molecule has 1 nitrogen and oxygen atoms in total. The quantitative estimate of drug-likeness (QED) is 0.296. The molecule has 0 unspecified atom stereocenters. The molecule has 1 aromatic heterocycles. The Morgan fingerprint density at radius 2 is 1.30 bits per heavy atom. The third kappa shape index (κ3) is 1.63. The molecule has 5 rings (SSSR count). The molecule has 0 N–H and O–H groups in total. The molecule has 0 saturated carbocycles. The molecule has 1 heterocycles. The van der Waals surface area contributed by atoms with Gasteiger partial charge >= 0.3 is 0 Å². The molecule has 0 saturated heterocycles. The first kappa shape index (κ1) is 13.0. The van der Waals surface area contributed by atoms with E-state index in [1.54, 1.807) is 0 Å². The van der Waals surface area contributed by atoms with Crippen LogP contribution in [0.3, 0.4) is 0 Å². The third-order valence-corrected chi connectivity index (χ3v) is 5.07. The summed E-state index contributed by atoms with van der Waals surface area (Å²) in [6.07, 6.45) is 0. The number of fused-ring (bicyclic) bond motifs is 8. The van der Waals surface area contributed by atoms with E-state index in [0.717, 1.165) is 5.02 Å². The van der Waals surface area contributed by atoms with Crippen molar-refractivity contribution in [3.63, 3.8) is 0 Å². The molecule has 0 aliphatic heterocycles. The molecular formula is C21H14ClN. The third-order valence-electron chi connectivity index (χ3n) is 4.83. The molecule has 0 amide bonds. The maximum Gasteiger partial charge on any atom is 0.0574 e. The van der Waals surface area contributed by atoms with Crippen LogP contribution in [0.4, 0.5) is 0 Å². The Labute approximate surface area is 138 Å². The van der Waals surface area contributed by atoms with Crippen molar-refractivity contribution in [2.75, 3.05) is 0 Å². The lowest BCUT2D eigenvalue weighted by Gasteiger charge is -2.08. The number of nitrogens with zero attached hydrogens (tertiary/aromatic N) is 1. The molecule has 2 heteroatoms. The molecule has 5 aromatic rings. The minimum Gasteiger partial charge on any atom is -0.343 e. The van der Waals surface area contributed by atoms with Crippen molar-refractivity contribution < 1.29 is 0 Å². The topological polar surface area (TPSA) is 4.93 Å². The highest BCUT2D eigenvalue weighted by atomic mass is 35.5. The lowest BCUT2D eigenvalue weighted by Crippen LogP contribution is -1.88.